The van der Waals surface area contributed by atoms with Crippen LogP contribution in [0.3, 0.4) is 0 Å². The first-order chi connectivity index (χ1) is 7.57. The smallest absolute Gasteiger partial charge is 0.00617 e. The summed E-state index contributed by atoms with van der Waals surface area (Å²) in [5.74, 6) is 3.49. The van der Waals surface area contributed by atoms with E-state index >= 15 is 0 Å². The fraction of sp³-hybridized carbons (Fsp3) is 0.600. The van der Waals surface area contributed by atoms with Crippen LogP contribution in [0.5, 0.6) is 0 Å². The largest absolute Gasteiger partial charge is 0.162 e. The highest BCUT2D eigenvalue weighted by Crippen LogP contribution is 2.32. The first-order valence-corrected chi connectivity index (χ1v) is 7.41. The minimum absolute atomic E-state index is 0.279. The average molecular weight is 234 g/mol. The van der Waals surface area contributed by atoms with Gasteiger partial charge in [0.2, 0.25) is 0 Å². The molecular formula is C15H22S. The van der Waals surface area contributed by atoms with Gasteiger partial charge >= 0.3 is 0 Å². The Bertz CT molecular complexity index is 325. The molecule has 0 unspecified atom stereocenters. The quantitative estimate of drug-likeness (QED) is 0.684. The van der Waals surface area contributed by atoms with Crippen molar-refractivity contribution in [3.05, 3.63) is 35.4 Å². The van der Waals surface area contributed by atoms with Gasteiger partial charge in [-0.1, -0.05) is 45.0 Å². The number of hydrogen-bond donors (Lipinski definition) is 0. The topological polar surface area (TPSA) is 0 Å². The fourth-order valence-electron chi connectivity index (χ4n) is 2.29. The van der Waals surface area contributed by atoms with Gasteiger partial charge in [-0.05, 0) is 46.8 Å². The van der Waals surface area contributed by atoms with Crippen molar-refractivity contribution in [1.82, 2.24) is 0 Å². The highest BCUT2D eigenvalue weighted by molar-refractivity contribution is 7.99. The Morgan fingerprint density at radius 2 is 1.56 bits per heavy atom. The predicted molar refractivity (Wildman–Crippen MR) is 74.4 cm³/mol. The molecule has 0 spiro atoms. The van der Waals surface area contributed by atoms with Crippen LogP contribution in [0.4, 0.5) is 0 Å². The van der Waals surface area contributed by atoms with Gasteiger partial charge in [0.15, 0.2) is 0 Å². The van der Waals surface area contributed by atoms with Crippen LogP contribution < -0.4 is 0 Å². The van der Waals surface area contributed by atoms with Crippen molar-refractivity contribution in [3.63, 3.8) is 0 Å². The molecule has 0 N–H and O–H groups in total. The van der Waals surface area contributed by atoms with Gasteiger partial charge in [-0.15, -0.1) is 0 Å². The van der Waals surface area contributed by atoms with Crippen LogP contribution in [-0.4, -0.2) is 11.5 Å². The summed E-state index contributed by atoms with van der Waals surface area (Å²) in [6.45, 7) is 6.83. The number of thioether (sulfide) groups is 1. The Morgan fingerprint density at radius 1 is 1.00 bits per heavy atom. The summed E-state index contributed by atoms with van der Waals surface area (Å²) in [5, 5.41) is 0. The minimum Gasteiger partial charge on any atom is -0.162 e. The normalized spacial score (nSPS) is 18.7. The molecule has 88 valence electrons. The number of benzene rings is 1. The minimum atomic E-state index is 0.279. The van der Waals surface area contributed by atoms with Crippen molar-refractivity contribution in [2.24, 2.45) is 0 Å². The molecule has 0 saturated carbocycles. The molecule has 1 aromatic rings. The Labute approximate surface area is 104 Å². The molecule has 1 heteroatoms. The van der Waals surface area contributed by atoms with E-state index in [2.05, 4.69) is 56.8 Å². The maximum Gasteiger partial charge on any atom is -0.00617 e. The van der Waals surface area contributed by atoms with Gasteiger partial charge in [-0.25, -0.2) is 0 Å². The molecule has 16 heavy (non-hydrogen) atoms. The van der Waals surface area contributed by atoms with Gasteiger partial charge in [0.25, 0.3) is 0 Å². The van der Waals surface area contributed by atoms with Crippen molar-refractivity contribution in [1.29, 1.82) is 0 Å². The van der Waals surface area contributed by atoms with E-state index in [9.17, 15) is 0 Å². The number of hydrogen-bond acceptors (Lipinski definition) is 1. The first kappa shape index (κ1) is 12.0. The third kappa shape index (κ3) is 2.82. The van der Waals surface area contributed by atoms with E-state index in [0.717, 1.165) is 5.92 Å². The average Bonchev–Trinajstić information content (AvgIpc) is 2.29. The molecule has 0 aliphatic carbocycles. The Hall–Kier alpha value is -0.430. The number of rotatable bonds is 1. The van der Waals surface area contributed by atoms with Gasteiger partial charge in [0, 0.05) is 0 Å². The summed E-state index contributed by atoms with van der Waals surface area (Å²) in [5.41, 5.74) is 3.27. The van der Waals surface area contributed by atoms with Gasteiger partial charge in [0.1, 0.15) is 0 Å². The van der Waals surface area contributed by atoms with Gasteiger partial charge in [-0.3, -0.25) is 0 Å². The van der Waals surface area contributed by atoms with Crippen molar-refractivity contribution >= 4 is 11.8 Å². The van der Waals surface area contributed by atoms with Crippen LogP contribution in [0.15, 0.2) is 24.3 Å². The Morgan fingerprint density at radius 3 is 2.06 bits per heavy atom. The van der Waals surface area contributed by atoms with Crippen molar-refractivity contribution < 1.29 is 0 Å². The SMILES string of the molecule is CC(C)(C)c1ccc(C2CCSCC2)cc1. The summed E-state index contributed by atoms with van der Waals surface area (Å²) >= 11 is 2.10. The zero-order valence-corrected chi connectivity index (χ0v) is 11.4. The van der Waals surface area contributed by atoms with Crippen LogP contribution >= 0.6 is 11.8 Å². The van der Waals surface area contributed by atoms with E-state index in [0.29, 0.717) is 0 Å². The molecule has 0 amide bonds. The molecule has 0 bridgehead atoms. The van der Waals surface area contributed by atoms with Gasteiger partial charge < -0.3 is 0 Å². The van der Waals surface area contributed by atoms with Crippen molar-refractivity contribution in [2.45, 2.75) is 44.9 Å². The fourth-order valence-corrected chi connectivity index (χ4v) is 3.39. The van der Waals surface area contributed by atoms with E-state index in [-0.39, 0.29) is 5.41 Å². The van der Waals surface area contributed by atoms with Crippen LogP contribution in [0, 0.1) is 0 Å². The Balaban J connectivity index is 2.12. The molecule has 0 aromatic heterocycles. The van der Waals surface area contributed by atoms with E-state index in [1.165, 1.54) is 29.9 Å². The van der Waals surface area contributed by atoms with Crippen LogP contribution in [0.25, 0.3) is 0 Å². The van der Waals surface area contributed by atoms with Gasteiger partial charge in [-0.2, -0.15) is 11.8 Å². The summed E-state index contributed by atoms with van der Waals surface area (Å²) in [7, 11) is 0. The molecule has 1 aromatic carbocycles. The molecule has 0 atom stereocenters. The van der Waals surface area contributed by atoms with Gasteiger partial charge in [0.05, 0.1) is 0 Å². The van der Waals surface area contributed by atoms with Crippen LogP contribution in [0.1, 0.15) is 50.7 Å². The molecule has 0 nitrogen and oxygen atoms in total. The summed E-state index contributed by atoms with van der Waals surface area (Å²) in [4.78, 5) is 0. The third-order valence-electron chi connectivity index (χ3n) is 3.47. The molecule has 2 rings (SSSR count). The molecular weight excluding hydrogens is 212 g/mol. The maximum atomic E-state index is 2.35. The van der Waals surface area contributed by atoms with Crippen molar-refractivity contribution in [3.8, 4) is 0 Å². The second-order valence-electron chi connectivity index (χ2n) is 5.76. The highest BCUT2D eigenvalue weighted by atomic mass is 32.2. The van der Waals surface area contributed by atoms with E-state index in [1.807, 2.05) is 0 Å². The lowest BCUT2D eigenvalue weighted by Crippen LogP contribution is -2.12. The maximum absolute atomic E-state index is 2.35. The molecule has 0 radical (unpaired) electrons. The second-order valence-corrected chi connectivity index (χ2v) is 6.98. The van der Waals surface area contributed by atoms with E-state index in [4.69, 9.17) is 0 Å². The Kier molecular flexibility index (Phi) is 3.63. The first-order valence-electron chi connectivity index (χ1n) is 6.25. The summed E-state index contributed by atoms with van der Waals surface area (Å²) < 4.78 is 0. The van der Waals surface area contributed by atoms with E-state index < -0.39 is 0 Å². The lowest BCUT2D eigenvalue weighted by molar-refractivity contribution is 0.587. The molecule has 1 heterocycles. The molecule has 1 fully saturated rings. The monoisotopic (exact) mass is 234 g/mol. The predicted octanol–water partition coefficient (Wildman–Crippen LogP) is 4.59. The second kappa shape index (κ2) is 4.83. The standard InChI is InChI=1S/C15H22S/c1-15(2,3)14-6-4-12(5-7-14)13-8-10-16-11-9-13/h4-7,13H,8-11H2,1-3H3. The molecule has 1 aliphatic heterocycles. The highest BCUT2D eigenvalue weighted by Gasteiger charge is 2.17. The molecule has 1 saturated heterocycles. The molecule has 1 aliphatic rings. The van der Waals surface area contributed by atoms with E-state index in [1.54, 1.807) is 5.56 Å². The van der Waals surface area contributed by atoms with Crippen LogP contribution in [-0.2, 0) is 5.41 Å². The zero-order valence-electron chi connectivity index (χ0n) is 10.6. The lowest BCUT2D eigenvalue weighted by Gasteiger charge is -2.24. The third-order valence-corrected chi connectivity index (χ3v) is 4.52. The zero-order chi connectivity index (χ0) is 11.6. The lowest BCUT2D eigenvalue weighted by atomic mass is 9.85. The summed E-state index contributed by atoms with van der Waals surface area (Å²) in [6, 6.07) is 9.33. The summed E-state index contributed by atoms with van der Waals surface area (Å²) in [6.07, 6.45) is 2.72. The van der Waals surface area contributed by atoms with Crippen molar-refractivity contribution in [2.75, 3.05) is 11.5 Å². The van der Waals surface area contributed by atoms with Crippen LogP contribution in [0.2, 0.25) is 0 Å².